The van der Waals surface area contributed by atoms with Crippen molar-refractivity contribution in [3.63, 3.8) is 0 Å². The Morgan fingerprint density at radius 2 is 1.70 bits per heavy atom. The van der Waals surface area contributed by atoms with Crippen LogP contribution in [0.5, 0.6) is 17.2 Å². The molecule has 3 aromatic carbocycles. The van der Waals surface area contributed by atoms with Gasteiger partial charge in [0.15, 0.2) is 6.10 Å². The molecular formula is C24H20BrClN2O5. The van der Waals surface area contributed by atoms with Gasteiger partial charge in [0.1, 0.15) is 17.2 Å². The first-order valence-electron chi connectivity index (χ1n) is 9.76. The molecule has 0 aliphatic rings. The average Bonchev–Trinajstić information content (AvgIpc) is 2.82. The van der Waals surface area contributed by atoms with Crippen molar-refractivity contribution in [3.05, 3.63) is 87.4 Å². The van der Waals surface area contributed by atoms with Crippen LogP contribution in [0.1, 0.15) is 22.8 Å². The van der Waals surface area contributed by atoms with Gasteiger partial charge in [0.2, 0.25) is 0 Å². The number of esters is 1. The Hall–Kier alpha value is -3.36. The molecule has 0 aromatic heterocycles. The molecule has 0 heterocycles. The molecule has 170 valence electrons. The maximum absolute atomic E-state index is 12.5. The molecule has 0 saturated carbocycles. The van der Waals surface area contributed by atoms with Crippen LogP contribution >= 0.6 is 27.5 Å². The molecule has 0 unspecified atom stereocenters. The van der Waals surface area contributed by atoms with Crippen LogP contribution in [-0.2, 0) is 4.79 Å². The topological polar surface area (TPSA) is 86.2 Å². The van der Waals surface area contributed by atoms with Crippen molar-refractivity contribution in [1.82, 2.24) is 5.43 Å². The van der Waals surface area contributed by atoms with Gasteiger partial charge in [0.05, 0.1) is 18.9 Å². The van der Waals surface area contributed by atoms with E-state index in [4.69, 9.17) is 25.8 Å². The summed E-state index contributed by atoms with van der Waals surface area (Å²) in [5.74, 6) is 0.429. The highest BCUT2D eigenvalue weighted by atomic mass is 79.9. The van der Waals surface area contributed by atoms with E-state index >= 15 is 0 Å². The molecule has 0 fully saturated rings. The number of amides is 1. The van der Waals surface area contributed by atoms with E-state index < -0.39 is 18.0 Å². The van der Waals surface area contributed by atoms with E-state index in [9.17, 15) is 9.59 Å². The fourth-order valence-corrected chi connectivity index (χ4v) is 3.13. The lowest BCUT2D eigenvalue weighted by Gasteiger charge is -2.13. The predicted molar refractivity (Wildman–Crippen MR) is 129 cm³/mol. The molecule has 0 aliphatic heterocycles. The summed E-state index contributed by atoms with van der Waals surface area (Å²) >= 11 is 9.22. The van der Waals surface area contributed by atoms with Crippen molar-refractivity contribution in [2.24, 2.45) is 5.10 Å². The summed E-state index contributed by atoms with van der Waals surface area (Å²) < 4.78 is 16.9. The number of benzene rings is 3. The van der Waals surface area contributed by atoms with Crippen LogP contribution < -0.4 is 19.6 Å². The molecule has 3 rings (SSSR count). The molecule has 1 N–H and O–H groups in total. The van der Waals surface area contributed by atoms with Gasteiger partial charge in [-0.3, -0.25) is 4.79 Å². The van der Waals surface area contributed by atoms with Gasteiger partial charge in [0, 0.05) is 15.1 Å². The molecule has 0 spiro atoms. The molecule has 7 nitrogen and oxygen atoms in total. The third kappa shape index (κ3) is 7.06. The highest BCUT2D eigenvalue weighted by Crippen LogP contribution is 2.23. The van der Waals surface area contributed by atoms with Gasteiger partial charge in [-0.05, 0) is 73.7 Å². The van der Waals surface area contributed by atoms with E-state index in [1.807, 2.05) is 0 Å². The second-order valence-corrected chi connectivity index (χ2v) is 8.10. The smallest absolute Gasteiger partial charge is 0.343 e. The average molecular weight is 532 g/mol. The van der Waals surface area contributed by atoms with Crippen LogP contribution in [0.25, 0.3) is 0 Å². The lowest BCUT2D eigenvalue weighted by Crippen LogP contribution is -2.33. The molecule has 0 saturated heterocycles. The van der Waals surface area contributed by atoms with Crippen LogP contribution in [-0.4, -0.2) is 31.3 Å². The number of carbonyl (C=O) groups excluding carboxylic acids is 2. The minimum absolute atomic E-state index is 0.280. The fraction of sp³-hybridized carbons (Fsp3) is 0.125. The third-order valence-electron chi connectivity index (χ3n) is 4.37. The van der Waals surface area contributed by atoms with Gasteiger partial charge in [-0.2, -0.15) is 5.10 Å². The highest BCUT2D eigenvalue weighted by molar-refractivity contribution is 9.10. The molecule has 0 bridgehead atoms. The lowest BCUT2D eigenvalue weighted by atomic mass is 10.2. The monoisotopic (exact) mass is 530 g/mol. The lowest BCUT2D eigenvalue weighted by molar-refractivity contribution is -0.127. The van der Waals surface area contributed by atoms with Crippen molar-refractivity contribution in [1.29, 1.82) is 0 Å². The summed E-state index contributed by atoms with van der Waals surface area (Å²) in [4.78, 5) is 24.8. The molecule has 1 atom stereocenters. The number of hydrazone groups is 1. The molecular weight excluding hydrogens is 512 g/mol. The van der Waals surface area contributed by atoms with Gasteiger partial charge in [0.25, 0.3) is 5.91 Å². The number of ether oxygens (including phenoxy) is 3. The normalized spacial score (nSPS) is 11.6. The van der Waals surface area contributed by atoms with Crippen molar-refractivity contribution in [2.75, 3.05) is 7.11 Å². The van der Waals surface area contributed by atoms with Gasteiger partial charge < -0.3 is 14.2 Å². The van der Waals surface area contributed by atoms with E-state index in [1.54, 1.807) is 80.8 Å². The molecule has 1 amide bonds. The summed E-state index contributed by atoms with van der Waals surface area (Å²) in [6, 6.07) is 18.3. The summed E-state index contributed by atoms with van der Waals surface area (Å²) in [5.41, 5.74) is 3.26. The van der Waals surface area contributed by atoms with Crippen LogP contribution in [0.3, 0.4) is 0 Å². The van der Waals surface area contributed by atoms with E-state index in [-0.39, 0.29) is 5.75 Å². The zero-order valence-electron chi connectivity index (χ0n) is 17.7. The molecule has 0 aliphatic carbocycles. The first-order valence-corrected chi connectivity index (χ1v) is 10.9. The Morgan fingerprint density at radius 1 is 1.03 bits per heavy atom. The second kappa shape index (κ2) is 11.5. The highest BCUT2D eigenvalue weighted by Gasteiger charge is 2.15. The van der Waals surface area contributed by atoms with Crippen molar-refractivity contribution < 1.29 is 23.8 Å². The van der Waals surface area contributed by atoms with Crippen molar-refractivity contribution >= 4 is 45.6 Å². The van der Waals surface area contributed by atoms with Gasteiger partial charge in [-0.15, -0.1) is 0 Å². The number of methoxy groups -OCH3 is 1. The van der Waals surface area contributed by atoms with E-state index in [0.29, 0.717) is 27.6 Å². The predicted octanol–water partition coefficient (Wildman–Crippen LogP) is 5.25. The second-order valence-electron chi connectivity index (χ2n) is 6.75. The third-order valence-corrected chi connectivity index (χ3v) is 5.12. The molecule has 3 aromatic rings. The van der Waals surface area contributed by atoms with Crippen LogP contribution in [0, 0.1) is 0 Å². The Balaban J connectivity index is 1.64. The molecule has 0 radical (unpaired) electrons. The first kappa shape index (κ1) is 24.3. The van der Waals surface area contributed by atoms with E-state index in [2.05, 4.69) is 26.5 Å². The van der Waals surface area contributed by atoms with Gasteiger partial charge in [-0.1, -0.05) is 27.5 Å². The quantitative estimate of drug-likeness (QED) is 0.186. The largest absolute Gasteiger partial charge is 0.497 e. The number of rotatable bonds is 8. The number of hydrogen-bond acceptors (Lipinski definition) is 6. The Kier molecular flexibility index (Phi) is 8.46. The zero-order valence-corrected chi connectivity index (χ0v) is 20.1. The van der Waals surface area contributed by atoms with E-state index in [1.165, 1.54) is 6.21 Å². The fourth-order valence-electron chi connectivity index (χ4n) is 2.63. The summed E-state index contributed by atoms with van der Waals surface area (Å²) in [6.45, 7) is 1.60. The van der Waals surface area contributed by atoms with Crippen molar-refractivity contribution in [2.45, 2.75) is 13.0 Å². The summed E-state index contributed by atoms with van der Waals surface area (Å²) in [7, 11) is 1.55. The number of nitrogens with one attached hydrogen (secondary N) is 1. The SMILES string of the molecule is COc1ccc(C(=O)Oc2ccc(Br)cc2/C=N\NC(=O)[C@@H](C)Oc2ccc(Cl)cc2)cc1. The minimum Gasteiger partial charge on any atom is -0.497 e. The maximum Gasteiger partial charge on any atom is 0.343 e. The minimum atomic E-state index is -0.793. The van der Waals surface area contributed by atoms with Gasteiger partial charge in [-0.25, -0.2) is 10.2 Å². The Labute approximate surface area is 204 Å². The van der Waals surface area contributed by atoms with Crippen LogP contribution in [0.15, 0.2) is 76.3 Å². The van der Waals surface area contributed by atoms with Crippen LogP contribution in [0.2, 0.25) is 5.02 Å². The van der Waals surface area contributed by atoms with E-state index in [0.717, 1.165) is 4.47 Å². The number of hydrogen-bond donors (Lipinski definition) is 1. The number of halogens is 2. The first-order chi connectivity index (χ1) is 15.9. The zero-order chi connectivity index (χ0) is 23.8. The maximum atomic E-state index is 12.5. The molecule has 33 heavy (non-hydrogen) atoms. The standard InChI is InChI=1S/C24H20BrClN2O5/c1-15(32-21-10-6-19(26)7-11-21)23(29)28-27-14-17-13-18(25)5-12-22(17)33-24(30)16-3-8-20(31-2)9-4-16/h3-15H,1-2H3,(H,28,29)/b27-14-/t15-/m1/s1. The summed E-state index contributed by atoms with van der Waals surface area (Å²) in [5, 5.41) is 4.54. The van der Waals surface area contributed by atoms with Crippen molar-refractivity contribution in [3.8, 4) is 17.2 Å². The van der Waals surface area contributed by atoms with Crippen LogP contribution in [0.4, 0.5) is 0 Å². The number of carbonyl (C=O) groups is 2. The summed E-state index contributed by atoms with van der Waals surface area (Å²) in [6.07, 6.45) is 0.590. The molecule has 9 heteroatoms. The van der Waals surface area contributed by atoms with Gasteiger partial charge >= 0.3 is 5.97 Å². The Morgan fingerprint density at radius 3 is 2.36 bits per heavy atom. The Bertz CT molecular complexity index is 1150. The number of nitrogens with zero attached hydrogens (tertiary/aromatic N) is 1.